The highest BCUT2D eigenvalue weighted by Gasteiger charge is 2.26. The fraction of sp³-hybridized carbons (Fsp3) is 0.600. The van der Waals surface area contributed by atoms with Gasteiger partial charge in [-0.25, -0.2) is 4.39 Å². The first-order valence-electron chi connectivity index (χ1n) is 7.11. The molecule has 0 bridgehead atoms. The molecule has 1 fully saturated rings. The molecule has 1 aliphatic heterocycles. The molecule has 3 nitrogen and oxygen atoms in total. The summed E-state index contributed by atoms with van der Waals surface area (Å²) >= 11 is 3.32. The maximum absolute atomic E-state index is 13.8. The van der Waals surface area contributed by atoms with E-state index >= 15 is 0 Å². The Kier molecular flexibility index (Phi) is 9.90. The molecule has 2 N–H and O–H groups in total. The first kappa shape index (κ1) is 21.9. The summed E-state index contributed by atoms with van der Waals surface area (Å²) in [7, 11) is 0. The Labute approximate surface area is 152 Å². The number of piperazine rings is 1. The Morgan fingerprint density at radius 3 is 2.41 bits per heavy atom. The SMILES string of the molecule is CC(C)C[C@@H](c1cc(Br)cc(F)c1O)N1CCNCC1.Cl.Cl. The standard InChI is InChI=1S/C15H22BrFN2O.2ClH/c1-10(2)7-14(19-5-3-18-4-6-19)12-8-11(16)9-13(17)15(12)20;;/h8-10,14,18,20H,3-7H2,1-2H3;2*1H/t14-;;/m0../s1. The number of hydrogen-bond donors (Lipinski definition) is 2. The summed E-state index contributed by atoms with van der Waals surface area (Å²) < 4.78 is 14.5. The summed E-state index contributed by atoms with van der Waals surface area (Å²) in [5, 5.41) is 13.4. The molecule has 0 amide bonds. The highest BCUT2D eigenvalue weighted by atomic mass is 79.9. The van der Waals surface area contributed by atoms with E-state index in [0.29, 0.717) is 16.0 Å². The molecular weight excluding hydrogens is 394 g/mol. The van der Waals surface area contributed by atoms with E-state index < -0.39 is 5.82 Å². The highest BCUT2D eigenvalue weighted by Crippen LogP contribution is 2.37. The van der Waals surface area contributed by atoms with Gasteiger partial charge >= 0.3 is 0 Å². The van der Waals surface area contributed by atoms with Crippen molar-refractivity contribution in [2.24, 2.45) is 5.92 Å². The van der Waals surface area contributed by atoms with Crippen LogP contribution in [0, 0.1) is 11.7 Å². The van der Waals surface area contributed by atoms with E-state index in [1.54, 1.807) is 0 Å². The van der Waals surface area contributed by atoms with Crippen LogP contribution < -0.4 is 5.32 Å². The van der Waals surface area contributed by atoms with Crippen LogP contribution in [0.4, 0.5) is 4.39 Å². The van der Waals surface area contributed by atoms with Gasteiger partial charge in [-0.1, -0.05) is 29.8 Å². The van der Waals surface area contributed by atoms with E-state index in [0.717, 1.165) is 32.6 Å². The van der Waals surface area contributed by atoms with Crippen LogP contribution in [0.5, 0.6) is 5.75 Å². The van der Waals surface area contributed by atoms with Crippen LogP contribution in [-0.4, -0.2) is 36.2 Å². The number of halogens is 4. The van der Waals surface area contributed by atoms with E-state index in [1.165, 1.54) is 6.07 Å². The lowest BCUT2D eigenvalue weighted by Gasteiger charge is -2.36. The van der Waals surface area contributed by atoms with Crippen LogP contribution in [0.15, 0.2) is 16.6 Å². The molecule has 0 saturated carbocycles. The number of hydrogen-bond acceptors (Lipinski definition) is 3. The average Bonchev–Trinajstić information content (AvgIpc) is 2.41. The van der Waals surface area contributed by atoms with Crippen molar-refractivity contribution in [2.45, 2.75) is 26.3 Å². The van der Waals surface area contributed by atoms with Gasteiger partial charge in [-0.3, -0.25) is 4.90 Å². The van der Waals surface area contributed by atoms with Crippen molar-refractivity contribution in [3.63, 3.8) is 0 Å². The molecule has 1 aromatic rings. The van der Waals surface area contributed by atoms with Crippen LogP contribution in [-0.2, 0) is 0 Å². The maximum atomic E-state index is 13.8. The minimum absolute atomic E-state index is 0. The molecule has 0 aliphatic carbocycles. The molecule has 1 saturated heterocycles. The van der Waals surface area contributed by atoms with E-state index in [2.05, 4.69) is 40.0 Å². The molecule has 128 valence electrons. The largest absolute Gasteiger partial charge is 0.505 e. The summed E-state index contributed by atoms with van der Waals surface area (Å²) in [5.41, 5.74) is 0.687. The topological polar surface area (TPSA) is 35.5 Å². The normalized spacial score (nSPS) is 16.8. The van der Waals surface area contributed by atoms with Gasteiger partial charge in [0.25, 0.3) is 0 Å². The van der Waals surface area contributed by atoms with Crippen molar-refractivity contribution in [3.05, 3.63) is 28.0 Å². The molecule has 22 heavy (non-hydrogen) atoms. The molecule has 0 unspecified atom stereocenters. The minimum atomic E-state index is -0.557. The number of nitrogens with one attached hydrogen (secondary N) is 1. The Hall–Kier alpha value is -0.0700. The predicted octanol–water partition coefficient (Wildman–Crippen LogP) is 4.13. The van der Waals surface area contributed by atoms with E-state index in [1.807, 2.05) is 6.07 Å². The molecule has 1 atom stereocenters. The predicted molar refractivity (Wildman–Crippen MR) is 96.9 cm³/mol. The van der Waals surface area contributed by atoms with Crippen molar-refractivity contribution >= 4 is 40.7 Å². The summed E-state index contributed by atoms with van der Waals surface area (Å²) in [6.07, 6.45) is 0.906. The number of rotatable bonds is 4. The maximum Gasteiger partial charge on any atom is 0.166 e. The molecule has 1 heterocycles. The molecule has 1 aromatic carbocycles. The fourth-order valence-electron chi connectivity index (χ4n) is 2.75. The number of nitrogens with zero attached hydrogens (tertiary/aromatic N) is 1. The second kappa shape index (κ2) is 9.93. The zero-order chi connectivity index (χ0) is 14.7. The lowest BCUT2D eigenvalue weighted by atomic mass is 9.94. The Morgan fingerprint density at radius 2 is 1.86 bits per heavy atom. The molecular formula is C15H24BrCl2FN2O. The lowest BCUT2D eigenvalue weighted by molar-refractivity contribution is 0.151. The summed E-state index contributed by atoms with van der Waals surface area (Å²) in [6.45, 7) is 8.02. The van der Waals surface area contributed by atoms with Crippen LogP contribution in [0.2, 0.25) is 0 Å². The molecule has 2 rings (SSSR count). The smallest absolute Gasteiger partial charge is 0.166 e. The third kappa shape index (κ3) is 5.53. The Balaban J connectivity index is 0.00000220. The molecule has 7 heteroatoms. The average molecular weight is 418 g/mol. The summed E-state index contributed by atoms with van der Waals surface area (Å²) in [5.74, 6) is -0.285. The fourth-order valence-corrected chi connectivity index (χ4v) is 3.20. The van der Waals surface area contributed by atoms with Gasteiger partial charge < -0.3 is 10.4 Å². The Bertz CT molecular complexity index is 471. The number of aromatic hydroxyl groups is 1. The summed E-state index contributed by atoms with van der Waals surface area (Å²) in [6, 6.07) is 3.21. The number of phenols is 1. The highest BCUT2D eigenvalue weighted by molar-refractivity contribution is 9.10. The zero-order valence-electron chi connectivity index (χ0n) is 12.8. The molecule has 1 aliphatic rings. The van der Waals surface area contributed by atoms with Crippen LogP contribution in [0.3, 0.4) is 0 Å². The van der Waals surface area contributed by atoms with E-state index in [-0.39, 0.29) is 36.6 Å². The van der Waals surface area contributed by atoms with Crippen molar-refractivity contribution in [2.75, 3.05) is 26.2 Å². The zero-order valence-corrected chi connectivity index (χ0v) is 16.0. The third-order valence-corrected chi connectivity index (χ3v) is 4.16. The first-order valence-corrected chi connectivity index (χ1v) is 7.91. The van der Waals surface area contributed by atoms with Gasteiger partial charge in [-0.15, -0.1) is 24.8 Å². The number of benzene rings is 1. The first-order chi connectivity index (χ1) is 9.49. The third-order valence-electron chi connectivity index (χ3n) is 3.70. The van der Waals surface area contributed by atoms with Gasteiger partial charge in [0.15, 0.2) is 11.6 Å². The quantitative estimate of drug-likeness (QED) is 0.772. The van der Waals surface area contributed by atoms with Gasteiger partial charge in [0.1, 0.15) is 0 Å². The number of phenolic OH excluding ortho intramolecular Hbond substituents is 1. The minimum Gasteiger partial charge on any atom is -0.505 e. The van der Waals surface area contributed by atoms with E-state index in [4.69, 9.17) is 0 Å². The summed E-state index contributed by atoms with van der Waals surface area (Å²) in [4.78, 5) is 2.33. The van der Waals surface area contributed by atoms with Crippen LogP contribution in [0.1, 0.15) is 31.9 Å². The Morgan fingerprint density at radius 1 is 1.27 bits per heavy atom. The second-order valence-electron chi connectivity index (χ2n) is 5.76. The van der Waals surface area contributed by atoms with Gasteiger partial charge in [0.2, 0.25) is 0 Å². The van der Waals surface area contributed by atoms with Gasteiger partial charge in [0.05, 0.1) is 0 Å². The van der Waals surface area contributed by atoms with Crippen molar-refractivity contribution in [1.82, 2.24) is 10.2 Å². The lowest BCUT2D eigenvalue weighted by Crippen LogP contribution is -2.45. The van der Waals surface area contributed by atoms with Crippen molar-refractivity contribution in [1.29, 1.82) is 0 Å². The second-order valence-corrected chi connectivity index (χ2v) is 6.67. The van der Waals surface area contributed by atoms with Gasteiger partial charge in [-0.2, -0.15) is 0 Å². The van der Waals surface area contributed by atoms with Crippen LogP contribution in [0.25, 0.3) is 0 Å². The molecule has 0 aromatic heterocycles. The van der Waals surface area contributed by atoms with Crippen molar-refractivity contribution in [3.8, 4) is 5.75 Å². The van der Waals surface area contributed by atoms with Crippen molar-refractivity contribution < 1.29 is 9.50 Å². The van der Waals surface area contributed by atoms with Gasteiger partial charge in [0, 0.05) is 42.3 Å². The van der Waals surface area contributed by atoms with Crippen LogP contribution >= 0.6 is 40.7 Å². The molecule has 0 radical (unpaired) electrons. The molecule has 0 spiro atoms. The monoisotopic (exact) mass is 416 g/mol. The van der Waals surface area contributed by atoms with E-state index in [9.17, 15) is 9.50 Å². The van der Waals surface area contributed by atoms with Gasteiger partial charge in [-0.05, 0) is 24.5 Å².